The molecule has 0 heterocycles. The summed E-state index contributed by atoms with van der Waals surface area (Å²) in [7, 11) is 2.43. The summed E-state index contributed by atoms with van der Waals surface area (Å²) < 4.78 is 8.87. The van der Waals surface area contributed by atoms with Crippen LogP contribution in [0.15, 0.2) is 0 Å². The maximum Gasteiger partial charge on any atom is 0.328 e. The SMILES string of the molecule is COC(=O)CC(=O)N[C@H](C(=O)OC)C(C)C. The van der Waals surface area contributed by atoms with Crippen molar-refractivity contribution in [2.24, 2.45) is 5.92 Å². The summed E-state index contributed by atoms with van der Waals surface area (Å²) in [6.45, 7) is 3.53. The molecule has 1 amide bonds. The van der Waals surface area contributed by atoms with Crippen molar-refractivity contribution in [3.05, 3.63) is 0 Å². The van der Waals surface area contributed by atoms with Crippen LogP contribution >= 0.6 is 0 Å². The monoisotopic (exact) mass is 231 g/mol. The summed E-state index contributed by atoms with van der Waals surface area (Å²) in [5.74, 6) is -1.86. The van der Waals surface area contributed by atoms with Crippen LogP contribution in [0.25, 0.3) is 0 Å². The average molecular weight is 231 g/mol. The summed E-state index contributed by atoms with van der Waals surface area (Å²) in [4.78, 5) is 33.4. The molecule has 0 aliphatic heterocycles. The Morgan fingerprint density at radius 3 is 2.06 bits per heavy atom. The minimum atomic E-state index is -0.748. The van der Waals surface area contributed by atoms with Gasteiger partial charge in [0.1, 0.15) is 12.5 Å². The molecule has 0 saturated carbocycles. The van der Waals surface area contributed by atoms with Crippen molar-refractivity contribution in [1.82, 2.24) is 5.32 Å². The van der Waals surface area contributed by atoms with Crippen molar-refractivity contribution in [3.63, 3.8) is 0 Å². The molecule has 92 valence electrons. The topological polar surface area (TPSA) is 81.7 Å². The lowest BCUT2D eigenvalue weighted by atomic mass is 10.0. The molecule has 0 rings (SSSR count). The molecule has 1 atom stereocenters. The molecule has 0 radical (unpaired) electrons. The predicted octanol–water partition coefficient (Wildman–Crippen LogP) is -0.137. The van der Waals surface area contributed by atoms with E-state index in [0.717, 1.165) is 0 Å². The summed E-state index contributed by atoms with van der Waals surface area (Å²) in [5, 5.41) is 2.42. The highest BCUT2D eigenvalue weighted by Crippen LogP contribution is 2.04. The molecule has 6 heteroatoms. The standard InChI is InChI=1S/C10H17NO5/c1-6(2)9(10(14)16-4)11-7(12)5-8(13)15-3/h6,9H,5H2,1-4H3,(H,11,12)/t9-/m0/s1. The largest absolute Gasteiger partial charge is 0.469 e. The third-order valence-corrected chi connectivity index (χ3v) is 1.97. The van der Waals surface area contributed by atoms with Crippen molar-refractivity contribution in [2.45, 2.75) is 26.3 Å². The first-order valence-electron chi connectivity index (χ1n) is 4.86. The van der Waals surface area contributed by atoms with Gasteiger partial charge in [-0.15, -0.1) is 0 Å². The maximum absolute atomic E-state index is 11.3. The number of hydrogen-bond donors (Lipinski definition) is 1. The molecule has 6 nitrogen and oxygen atoms in total. The Morgan fingerprint density at radius 2 is 1.69 bits per heavy atom. The number of esters is 2. The number of rotatable bonds is 5. The Labute approximate surface area is 94.3 Å². The van der Waals surface area contributed by atoms with Crippen LogP contribution in [0.4, 0.5) is 0 Å². The minimum Gasteiger partial charge on any atom is -0.469 e. The van der Waals surface area contributed by atoms with Crippen LogP contribution in [0, 0.1) is 5.92 Å². The lowest BCUT2D eigenvalue weighted by molar-refractivity contribution is -0.149. The lowest BCUT2D eigenvalue weighted by Gasteiger charge is -2.19. The lowest BCUT2D eigenvalue weighted by Crippen LogP contribution is -2.45. The zero-order chi connectivity index (χ0) is 12.7. The van der Waals surface area contributed by atoms with Crippen molar-refractivity contribution in [3.8, 4) is 0 Å². The molecule has 0 aliphatic rings. The first kappa shape index (κ1) is 14.4. The van der Waals surface area contributed by atoms with Crippen LogP contribution in [0.1, 0.15) is 20.3 Å². The first-order chi connectivity index (χ1) is 7.42. The van der Waals surface area contributed by atoms with E-state index >= 15 is 0 Å². The van der Waals surface area contributed by atoms with Crippen molar-refractivity contribution >= 4 is 17.8 Å². The van der Waals surface area contributed by atoms with Gasteiger partial charge in [0.05, 0.1) is 14.2 Å². The molecule has 0 fully saturated rings. The Morgan fingerprint density at radius 1 is 1.12 bits per heavy atom. The number of methoxy groups -OCH3 is 2. The van der Waals surface area contributed by atoms with Gasteiger partial charge in [-0.1, -0.05) is 13.8 Å². The molecule has 0 aromatic carbocycles. The Hall–Kier alpha value is -1.59. The number of carbonyl (C=O) groups is 3. The Kier molecular flexibility index (Phi) is 6.14. The molecule has 0 aromatic heterocycles. The molecule has 0 aliphatic carbocycles. The van der Waals surface area contributed by atoms with E-state index in [4.69, 9.17) is 0 Å². The second-order valence-corrected chi connectivity index (χ2v) is 3.57. The third kappa shape index (κ3) is 4.77. The molecule has 0 aromatic rings. The fourth-order valence-electron chi connectivity index (χ4n) is 1.05. The quantitative estimate of drug-likeness (QED) is 0.526. The van der Waals surface area contributed by atoms with Crippen LogP contribution in [-0.4, -0.2) is 38.1 Å². The minimum absolute atomic E-state index is 0.117. The number of hydrogen-bond acceptors (Lipinski definition) is 5. The van der Waals surface area contributed by atoms with Crippen LogP contribution in [-0.2, 0) is 23.9 Å². The predicted molar refractivity (Wildman–Crippen MR) is 55.4 cm³/mol. The molecule has 16 heavy (non-hydrogen) atoms. The smallest absolute Gasteiger partial charge is 0.328 e. The molecular weight excluding hydrogens is 214 g/mol. The van der Waals surface area contributed by atoms with Crippen molar-refractivity contribution < 1.29 is 23.9 Å². The Bertz CT molecular complexity index is 274. The second-order valence-electron chi connectivity index (χ2n) is 3.57. The summed E-state index contributed by atoms with van der Waals surface area (Å²) in [6, 6.07) is -0.748. The number of nitrogens with one attached hydrogen (secondary N) is 1. The molecule has 0 saturated heterocycles. The van der Waals surface area contributed by atoms with E-state index in [9.17, 15) is 14.4 Å². The first-order valence-corrected chi connectivity index (χ1v) is 4.86. The van der Waals surface area contributed by atoms with Crippen LogP contribution in [0.3, 0.4) is 0 Å². The molecular formula is C10H17NO5. The normalized spacial score (nSPS) is 11.8. The second kappa shape index (κ2) is 6.81. The van der Waals surface area contributed by atoms with E-state index in [1.807, 2.05) is 0 Å². The fourth-order valence-corrected chi connectivity index (χ4v) is 1.05. The van der Waals surface area contributed by atoms with Gasteiger partial charge < -0.3 is 14.8 Å². The fraction of sp³-hybridized carbons (Fsp3) is 0.700. The average Bonchev–Trinajstić information content (AvgIpc) is 2.24. The van der Waals surface area contributed by atoms with Gasteiger partial charge in [0.2, 0.25) is 5.91 Å². The highest BCUT2D eigenvalue weighted by Gasteiger charge is 2.25. The van der Waals surface area contributed by atoms with Crippen molar-refractivity contribution in [2.75, 3.05) is 14.2 Å². The van der Waals surface area contributed by atoms with E-state index in [1.165, 1.54) is 14.2 Å². The summed E-state index contributed by atoms with van der Waals surface area (Å²) in [5.41, 5.74) is 0. The number of ether oxygens (including phenoxy) is 2. The highest BCUT2D eigenvalue weighted by atomic mass is 16.5. The van der Waals surface area contributed by atoms with Crippen LogP contribution in [0.5, 0.6) is 0 Å². The molecule has 0 bridgehead atoms. The summed E-state index contributed by atoms with van der Waals surface area (Å²) in [6.07, 6.45) is -0.406. The van der Waals surface area contributed by atoms with E-state index in [1.54, 1.807) is 13.8 Å². The van der Waals surface area contributed by atoms with E-state index in [2.05, 4.69) is 14.8 Å². The third-order valence-electron chi connectivity index (χ3n) is 1.97. The van der Waals surface area contributed by atoms with Gasteiger partial charge in [-0.3, -0.25) is 9.59 Å². The maximum atomic E-state index is 11.3. The molecule has 0 spiro atoms. The van der Waals surface area contributed by atoms with Gasteiger partial charge in [-0.25, -0.2) is 4.79 Å². The van der Waals surface area contributed by atoms with E-state index in [-0.39, 0.29) is 5.92 Å². The van der Waals surface area contributed by atoms with E-state index in [0.29, 0.717) is 0 Å². The van der Waals surface area contributed by atoms with Gasteiger partial charge in [-0.2, -0.15) is 0 Å². The molecule has 1 N–H and O–H groups in total. The number of carbonyl (C=O) groups excluding carboxylic acids is 3. The Balaban J connectivity index is 4.35. The van der Waals surface area contributed by atoms with Gasteiger partial charge in [0, 0.05) is 0 Å². The van der Waals surface area contributed by atoms with Gasteiger partial charge in [0.25, 0.3) is 0 Å². The molecule has 0 unspecified atom stereocenters. The highest BCUT2D eigenvalue weighted by molar-refractivity contribution is 5.96. The number of amides is 1. The van der Waals surface area contributed by atoms with Crippen molar-refractivity contribution in [1.29, 1.82) is 0 Å². The van der Waals surface area contributed by atoms with Gasteiger partial charge in [0.15, 0.2) is 0 Å². The van der Waals surface area contributed by atoms with Gasteiger partial charge >= 0.3 is 11.9 Å². The summed E-state index contributed by atoms with van der Waals surface area (Å²) >= 11 is 0. The zero-order valence-electron chi connectivity index (χ0n) is 9.90. The van der Waals surface area contributed by atoms with E-state index < -0.39 is 30.3 Å². The van der Waals surface area contributed by atoms with Gasteiger partial charge in [-0.05, 0) is 5.92 Å². The van der Waals surface area contributed by atoms with Crippen LogP contribution < -0.4 is 5.32 Å². The van der Waals surface area contributed by atoms with Crippen LogP contribution in [0.2, 0.25) is 0 Å². The zero-order valence-corrected chi connectivity index (χ0v) is 9.90.